The fourth-order valence-electron chi connectivity index (χ4n) is 2.44. The third kappa shape index (κ3) is 3.10. The summed E-state index contributed by atoms with van der Waals surface area (Å²) in [4.78, 5) is 16.5. The van der Waals surface area contributed by atoms with Gasteiger partial charge in [-0.1, -0.05) is 35.9 Å². The van der Waals surface area contributed by atoms with Crippen LogP contribution in [0.15, 0.2) is 41.0 Å². The number of pyridine rings is 1. The van der Waals surface area contributed by atoms with Gasteiger partial charge in [0.05, 0.1) is 16.4 Å². The van der Waals surface area contributed by atoms with E-state index in [1.165, 1.54) is 5.56 Å². The molecule has 108 valence electrons. The minimum Gasteiger partial charge on any atom is -0.323 e. The first-order chi connectivity index (χ1) is 10.1. The van der Waals surface area contributed by atoms with Gasteiger partial charge in [-0.15, -0.1) is 0 Å². The van der Waals surface area contributed by atoms with Crippen LogP contribution in [0.5, 0.6) is 0 Å². The van der Waals surface area contributed by atoms with Crippen molar-refractivity contribution in [3.05, 3.63) is 57.3 Å². The number of fused-ring (bicyclic) bond motifs is 1. The first-order valence-electron chi connectivity index (χ1n) is 6.58. The molecule has 0 bridgehead atoms. The predicted octanol–water partition coefficient (Wildman–Crippen LogP) is 3.32. The molecule has 1 aliphatic heterocycles. The zero-order chi connectivity index (χ0) is 14.8. The van der Waals surface area contributed by atoms with Gasteiger partial charge in [-0.05, 0) is 39.5 Å². The Kier molecular flexibility index (Phi) is 4.24. The van der Waals surface area contributed by atoms with E-state index in [1.54, 1.807) is 12.3 Å². The molecule has 1 atom stereocenters. The summed E-state index contributed by atoms with van der Waals surface area (Å²) in [6.07, 6.45) is 2.48. The molecule has 0 fully saturated rings. The number of nitrogens with zero attached hydrogens (tertiary/aromatic N) is 1. The molecule has 4 nitrogen and oxygen atoms in total. The molecule has 2 aromatic rings. The highest BCUT2D eigenvalue weighted by atomic mass is 79.9. The third-order valence-corrected chi connectivity index (χ3v) is 4.57. The molecule has 0 spiro atoms. The number of carbonyl (C=O) groups excluding carboxylic acids is 1. The number of carbonyl (C=O) groups is 1. The van der Waals surface area contributed by atoms with Gasteiger partial charge in [0.1, 0.15) is 11.2 Å². The second-order valence-corrected chi connectivity index (χ2v) is 6.03. The molecule has 1 amide bonds. The van der Waals surface area contributed by atoms with Gasteiger partial charge < -0.3 is 10.6 Å². The number of hydrogen-bond donors (Lipinski definition) is 2. The summed E-state index contributed by atoms with van der Waals surface area (Å²) in [6.45, 7) is 0.789. The Bertz CT molecular complexity index is 692. The van der Waals surface area contributed by atoms with Crippen molar-refractivity contribution in [2.24, 2.45) is 0 Å². The van der Waals surface area contributed by atoms with E-state index in [2.05, 4.69) is 37.6 Å². The van der Waals surface area contributed by atoms with Crippen LogP contribution in [0.2, 0.25) is 5.15 Å². The van der Waals surface area contributed by atoms with Gasteiger partial charge in [-0.3, -0.25) is 4.79 Å². The number of benzene rings is 1. The van der Waals surface area contributed by atoms with Crippen LogP contribution in [0.25, 0.3) is 0 Å². The van der Waals surface area contributed by atoms with Crippen molar-refractivity contribution in [1.82, 2.24) is 10.3 Å². The summed E-state index contributed by atoms with van der Waals surface area (Å²) in [5.41, 5.74) is 2.86. The van der Waals surface area contributed by atoms with Crippen LogP contribution in [0.4, 0.5) is 5.69 Å². The Morgan fingerprint density at radius 2 is 2.24 bits per heavy atom. The molecule has 0 saturated carbocycles. The normalized spacial score (nSPS) is 17.1. The van der Waals surface area contributed by atoms with E-state index >= 15 is 0 Å². The predicted molar refractivity (Wildman–Crippen MR) is 86.5 cm³/mol. The Balaban J connectivity index is 1.81. The summed E-state index contributed by atoms with van der Waals surface area (Å²) in [5.74, 6) is -0.0989. The maximum absolute atomic E-state index is 12.5. The summed E-state index contributed by atoms with van der Waals surface area (Å²) in [6, 6.07) is 9.40. The minimum atomic E-state index is -0.343. The smallest absolute Gasteiger partial charge is 0.246 e. The van der Waals surface area contributed by atoms with Crippen molar-refractivity contribution in [3.8, 4) is 0 Å². The van der Waals surface area contributed by atoms with Gasteiger partial charge in [0.25, 0.3) is 0 Å². The summed E-state index contributed by atoms with van der Waals surface area (Å²) in [7, 11) is 0. The monoisotopic (exact) mass is 365 g/mol. The molecular weight excluding hydrogens is 354 g/mol. The number of nitrogens with one attached hydrogen (secondary N) is 2. The van der Waals surface area contributed by atoms with Gasteiger partial charge in [-0.25, -0.2) is 4.98 Å². The minimum absolute atomic E-state index is 0.0989. The highest BCUT2D eigenvalue weighted by Gasteiger charge is 2.25. The Morgan fingerprint density at radius 1 is 1.43 bits per heavy atom. The molecule has 1 aliphatic rings. The quantitative estimate of drug-likeness (QED) is 0.802. The van der Waals surface area contributed by atoms with E-state index in [0.29, 0.717) is 15.3 Å². The highest BCUT2D eigenvalue weighted by Crippen LogP contribution is 2.26. The molecule has 0 radical (unpaired) electrons. The third-order valence-electron chi connectivity index (χ3n) is 3.43. The van der Waals surface area contributed by atoms with Gasteiger partial charge in [0, 0.05) is 6.54 Å². The van der Waals surface area contributed by atoms with Crippen molar-refractivity contribution >= 4 is 39.1 Å². The number of amides is 1. The van der Waals surface area contributed by atoms with Crippen LogP contribution >= 0.6 is 27.5 Å². The fourth-order valence-corrected chi connectivity index (χ4v) is 2.89. The van der Waals surface area contributed by atoms with Crippen LogP contribution < -0.4 is 10.6 Å². The molecule has 21 heavy (non-hydrogen) atoms. The van der Waals surface area contributed by atoms with E-state index in [4.69, 9.17) is 11.6 Å². The second-order valence-electron chi connectivity index (χ2n) is 4.82. The number of aromatic nitrogens is 1. The van der Waals surface area contributed by atoms with Crippen LogP contribution in [0.1, 0.15) is 17.2 Å². The molecule has 1 unspecified atom stereocenters. The van der Waals surface area contributed by atoms with E-state index in [-0.39, 0.29) is 11.9 Å². The number of halogens is 2. The maximum atomic E-state index is 12.5. The lowest BCUT2D eigenvalue weighted by atomic mass is 9.94. The molecule has 6 heteroatoms. The molecule has 0 saturated heterocycles. The zero-order valence-electron chi connectivity index (χ0n) is 11.1. The second kappa shape index (κ2) is 6.13. The van der Waals surface area contributed by atoms with E-state index in [9.17, 15) is 4.79 Å². The standard InChI is InChI=1S/C15H13BrClN3O/c16-12-7-10(8-19-14(12)17)20-15(21)13-11-4-2-1-3-9(11)5-6-18-13/h1-4,7-8,13,18H,5-6H2,(H,20,21). The van der Waals surface area contributed by atoms with Gasteiger partial charge >= 0.3 is 0 Å². The Morgan fingerprint density at radius 3 is 3.05 bits per heavy atom. The van der Waals surface area contributed by atoms with E-state index in [1.807, 2.05) is 18.2 Å². The first kappa shape index (κ1) is 14.5. The van der Waals surface area contributed by atoms with Crippen molar-refractivity contribution in [2.75, 3.05) is 11.9 Å². The lowest BCUT2D eigenvalue weighted by Gasteiger charge is -2.26. The van der Waals surface area contributed by atoms with Crippen molar-refractivity contribution < 1.29 is 4.79 Å². The fraction of sp³-hybridized carbons (Fsp3) is 0.200. The van der Waals surface area contributed by atoms with Crippen LogP contribution in [0, 0.1) is 0 Å². The Hall–Kier alpha value is -1.43. The average Bonchev–Trinajstić information content (AvgIpc) is 2.50. The average molecular weight is 367 g/mol. The van der Waals surface area contributed by atoms with E-state index in [0.717, 1.165) is 18.5 Å². The molecule has 2 N–H and O–H groups in total. The van der Waals surface area contributed by atoms with Gasteiger partial charge in [0.2, 0.25) is 5.91 Å². The van der Waals surface area contributed by atoms with E-state index < -0.39 is 0 Å². The van der Waals surface area contributed by atoms with Crippen LogP contribution in [-0.2, 0) is 11.2 Å². The maximum Gasteiger partial charge on any atom is 0.246 e. The number of rotatable bonds is 2. The molecule has 2 heterocycles. The van der Waals surface area contributed by atoms with Crippen molar-refractivity contribution in [2.45, 2.75) is 12.5 Å². The largest absolute Gasteiger partial charge is 0.323 e. The first-order valence-corrected chi connectivity index (χ1v) is 7.75. The van der Waals surface area contributed by atoms with Crippen LogP contribution in [0.3, 0.4) is 0 Å². The number of hydrogen-bond acceptors (Lipinski definition) is 3. The van der Waals surface area contributed by atoms with Crippen molar-refractivity contribution in [1.29, 1.82) is 0 Å². The lowest BCUT2D eigenvalue weighted by molar-refractivity contribution is -0.118. The molecular formula is C15H13BrClN3O. The Labute approximate surface area is 136 Å². The highest BCUT2D eigenvalue weighted by molar-refractivity contribution is 9.10. The molecule has 1 aromatic heterocycles. The SMILES string of the molecule is O=C(Nc1cnc(Cl)c(Br)c1)C1NCCc2ccccc21. The lowest BCUT2D eigenvalue weighted by Crippen LogP contribution is -2.38. The van der Waals surface area contributed by atoms with Crippen LogP contribution in [-0.4, -0.2) is 17.4 Å². The molecule has 3 rings (SSSR count). The summed E-state index contributed by atoms with van der Waals surface area (Å²) >= 11 is 9.15. The summed E-state index contributed by atoms with van der Waals surface area (Å²) < 4.78 is 0.652. The molecule has 0 aliphatic carbocycles. The zero-order valence-corrected chi connectivity index (χ0v) is 13.4. The summed E-state index contributed by atoms with van der Waals surface area (Å²) in [5, 5.41) is 6.49. The number of anilines is 1. The van der Waals surface area contributed by atoms with Gasteiger partial charge in [-0.2, -0.15) is 0 Å². The topological polar surface area (TPSA) is 54.0 Å². The van der Waals surface area contributed by atoms with Gasteiger partial charge in [0.15, 0.2) is 0 Å². The van der Waals surface area contributed by atoms with Crippen molar-refractivity contribution in [3.63, 3.8) is 0 Å². The molecule has 1 aromatic carbocycles.